The summed E-state index contributed by atoms with van der Waals surface area (Å²) in [4.78, 5) is 8.99. The smallest absolute Gasteiger partial charge is 0.160 e. The van der Waals surface area contributed by atoms with Gasteiger partial charge in [-0.15, -0.1) is 0 Å². The summed E-state index contributed by atoms with van der Waals surface area (Å²) in [6, 6.07) is 4.74. The molecule has 0 radical (unpaired) electrons. The molecule has 0 amide bonds. The van der Waals surface area contributed by atoms with E-state index in [1.54, 1.807) is 6.07 Å². The second kappa shape index (κ2) is 7.09. The summed E-state index contributed by atoms with van der Waals surface area (Å²) in [6.45, 7) is 7.18. The largest absolute Gasteiger partial charge is 0.310 e. The van der Waals surface area contributed by atoms with Gasteiger partial charge in [0.05, 0.1) is 0 Å². The first-order chi connectivity index (χ1) is 10.0. The Labute approximate surface area is 133 Å². The van der Waals surface area contributed by atoms with Crippen LogP contribution in [-0.2, 0) is 0 Å². The van der Waals surface area contributed by atoms with Crippen LogP contribution in [0.5, 0.6) is 0 Å². The van der Waals surface area contributed by atoms with Gasteiger partial charge >= 0.3 is 0 Å². The first kappa shape index (κ1) is 16.0. The van der Waals surface area contributed by atoms with E-state index in [4.69, 9.17) is 0 Å². The van der Waals surface area contributed by atoms with Crippen molar-refractivity contribution in [2.45, 2.75) is 33.2 Å². The molecule has 1 aromatic carbocycles. The lowest BCUT2D eigenvalue weighted by Crippen LogP contribution is -2.20. The van der Waals surface area contributed by atoms with Crippen molar-refractivity contribution in [3.63, 3.8) is 0 Å². The minimum atomic E-state index is -0.281. The van der Waals surface area contributed by atoms with Crippen LogP contribution in [0.15, 0.2) is 28.9 Å². The van der Waals surface area contributed by atoms with Gasteiger partial charge in [-0.2, -0.15) is 0 Å². The molecular weight excluding hydrogens is 333 g/mol. The summed E-state index contributed by atoms with van der Waals surface area (Å²) in [5.41, 5.74) is 2.82. The van der Waals surface area contributed by atoms with Crippen LogP contribution in [0.4, 0.5) is 4.39 Å². The monoisotopic (exact) mass is 351 g/mol. The summed E-state index contributed by atoms with van der Waals surface area (Å²) < 4.78 is 13.8. The molecule has 0 spiro atoms. The van der Waals surface area contributed by atoms with Gasteiger partial charge in [-0.3, -0.25) is 0 Å². The van der Waals surface area contributed by atoms with E-state index >= 15 is 0 Å². The van der Waals surface area contributed by atoms with Gasteiger partial charge < -0.3 is 5.32 Å². The molecule has 0 saturated carbocycles. The first-order valence-corrected chi connectivity index (χ1v) is 7.84. The van der Waals surface area contributed by atoms with Gasteiger partial charge in [0.25, 0.3) is 0 Å². The van der Waals surface area contributed by atoms with Crippen molar-refractivity contribution in [3.8, 4) is 11.4 Å². The molecule has 0 aliphatic carbocycles. The van der Waals surface area contributed by atoms with Gasteiger partial charge in [0.2, 0.25) is 0 Å². The van der Waals surface area contributed by atoms with Gasteiger partial charge in [0, 0.05) is 33.5 Å². The van der Waals surface area contributed by atoms with Gasteiger partial charge in [-0.25, -0.2) is 14.4 Å². The van der Waals surface area contributed by atoms with Crippen molar-refractivity contribution in [2.75, 3.05) is 6.54 Å². The zero-order valence-corrected chi connectivity index (χ0v) is 14.0. The summed E-state index contributed by atoms with van der Waals surface area (Å²) in [6.07, 6.45) is 2.94. The van der Waals surface area contributed by atoms with Crippen molar-refractivity contribution >= 4 is 15.9 Å². The second-order valence-corrected chi connectivity index (χ2v) is 5.89. The summed E-state index contributed by atoms with van der Waals surface area (Å²) in [7, 11) is 0. The van der Waals surface area contributed by atoms with Gasteiger partial charge in [-0.1, -0.05) is 6.92 Å². The van der Waals surface area contributed by atoms with E-state index in [-0.39, 0.29) is 11.9 Å². The van der Waals surface area contributed by atoms with Crippen molar-refractivity contribution in [1.29, 1.82) is 0 Å². The Kier molecular flexibility index (Phi) is 5.42. The molecule has 1 aromatic heterocycles. The molecule has 0 fully saturated rings. The molecule has 1 heterocycles. The fraction of sp³-hybridized carbons (Fsp3) is 0.375. The molecule has 0 bridgehead atoms. The van der Waals surface area contributed by atoms with E-state index in [0.29, 0.717) is 10.3 Å². The van der Waals surface area contributed by atoms with Crippen LogP contribution >= 0.6 is 15.9 Å². The molecule has 112 valence electrons. The Balaban J connectivity index is 2.30. The molecule has 3 nitrogen and oxygen atoms in total. The predicted octanol–water partition coefficient (Wildman–Crippen LogP) is 4.41. The molecule has 2 rings (SSSR count). The third-order valence-electron chi connectivity index (χ3n) is 3.36. The summed E-state index contributed by atoms with van der Waals surface area (Å²) in [5, 5.41) is 3.43. The predicted molar refractivity (Wildman–Crippen MR) is 86.6 cm³/mol. The number of rotatable bonds is 5. The number of benzene rings is 1. The average Bonchev–Trinajstić information content (AvgIpc) is 2.44. The molecule has 2 aromatic rings. The molecule has 1 unspecified atom stereocenters. The molecule has 0 aliphatic heterocycles. The van der Waals surface area contributed by atoms with Crippen molar-refractivity contribution < 1.29 is 4.39 Å². The van der Waals surface area contributed by atoms with Crippen LogP contribution in [-0.4, -0.2) is 16.5 Å². The van der Waals surface area contributed by atoms with Crippen LogP contribution in [0.25, 0.3) is 11.4 Å². The number of hydrogen-bond donors (Lipinski definition) is 1. The standard InChI is InChI=1S/C16H19BrFN3/c1-4-7-19-10(2)14-9-20-16(21-11(14)3)13-6-5-12(18)8-15(13)17/h5-6,8-10,19H,4,7H2,1-3H3. The molecular formula is C16H19BrFN3. The second-order valence-electron chi connectivity index (χ2n) is 5.03. The molecule has 21 heavy (non-hydrogen) atoms. The average molecular weight is 352 g/mol. The lowest BCUT2D eigenvalue weighted by molar-refractivity contribution is 0.564. The Bertz CT molecular complexity index is 631. The van der Waals surface area contributed by atoms with Crippen LogP contribution < -0.4 is 5.32 Å². The molecule has 5 heteroatoms. The normalized spacial score (nSPS) is 12.4. The Morgan fingerprint density at radius 3 is 2.76 bits per heavy atom. The number of nitrogens with one attached hydrogen (secondary N) is 1. The van der Waals surface area contributed by atoms with Gasteiger partial charge in [0.15, 0.2) is 5.82 Å². The lowest BCUT2D eigenvalue weighted by atomic mass is 10.1. The van der Waals surface area contributed by atoms with Crippen LogP contribution in [0.3, 0.4) is 0 Å². The molecule has 0 aliphatic rings. The zero-order valence-electron chi connectivity index (χ0n) is 12.5. The van der Waals surface area contributed by atoms with Crippen molar-refractivity contribution in [3.05, 3.63) is 45.9 Å². The maximum absolute atomic E-state index is 13.2. The fourth-order valence-corrected chi connectivity index (χ4v) is 2.70. The molecule has 1 atom stereocenters. The van der Waals surface area contributed by atoms with Crippen LogP contribution in [0.2, 0.25) is 0 Å². The Hall–Kier alpha value is -1.33. The highest BCUT2D eigenvalue weighted by Crippen LogP contribution is 2.27. The molecule has 1 N–H and O–H groups in total. The van der Waals surface area contributed by atoms with Crippen molar-refractivity contribution in [2.24, 2.45) is 0 Å². The number of hydrogen-bond acceptors (Lipinski definition) is 3. The summed E-state index contributed by atoms with van der Waals surface area (Å²) in [5.74, 6) is 0.321. The van der Waals surface area contributed by atoms with E-state index in [2.05, 4.69) is 45.1 Å². The number of aryl methyl sites for hydroxylation is 1. The highest BCUT2D eigenvalue weighted by atomic mass is 79.9. The first-order valence-electron chi connectivity index (χ1n) is 7.05. The minimum Gasteiger partial charge on any atom is -0.310 e. The lowest BCUT2D eigenvalue weighted by Gasteiger charge is -2.16. The topological polar surface area (TPSA) is 37.8 Å². The van der Waals surface area contributed by atoms with Crippen molar-refractivity contribution in [1.82, 2.24) is 15.3 Å². The third-order valence-corrected chi connectivity index (χ3v) is 4.01. The maximum Gasteiger partial charge on any atom is 0.160 e. The Morgan fingerprint density at radius 2 is 2.14 bits per heavy atom. The number of halogens is 2. The van der Waals surface area contributed by atoms with Gasteiger partial charge in [0.1, 0.15) is 5.82 Å². The van der Waals surface area contributed by atoms with Gasteiger partial charge in [-0.05, 0) is 60.9 Å². The fourth-order valence-electron chi connectivity index (χ4n) is 2.17. The van der Waals surface area contributed by atoms with Crippen LogP contribution in [0.1, 0.15) is 37.6 Å². The highest BCUT2D eigenvalue weighted by molar-refractivity contribution is 9.10. The van der Waals surface area contributed by atoms with E-state index in [9.17, 15) is 4.39 Å². The maximum atomic E-state index is 13.2. The minimum absolute atomic E-state index is 0.218. The Morgan fingerprint density at radius 1 is 1.38 bits per heavy atom. The summed E-state index contributed by atoms with van der Waals surface area (Å²) >= 11 is 3.36. The third kappa shape index (κ3) is 3.86. The van der Waals surface area contributed by atoms with E-state index in [1.165, 1.54) is 12.1 Å². The number of aromatic nitrogens is 2. The quantitative estimate of drug-likeness (QED) is 0.866. The van der Waals surface area contributed by atoms with E-state index in [1.807, 2.05) is 13.1 Å². The van der Waals surface area contributed by atoms with E-state index < -0.39 is 0 Å². The number of nitrogens with zero attached hydrogens (tertiary/aromatic N) is 2. The van der Waals surface area contributed by atoms with E-state index in [0.717, 1.165) is 29.8 Å². The zero-order chi connectivity index (χ0) is 15.4. The van der Waals surface area contributed by atoms with Crippen LogP contribution in [0, 0.1) is 12.7 Å². The SMILES string of the molecule is CCCNC(C)c1cnc(-c2ccc(F)cc2Br)nc1C. The molecule has 0 saturated heterocycles. The highest BCUT2D eigenvalue weighted by Gasteiger charge is 2.13.